The van der Waals surface area contributed by atoms with Gasteiger partial charge in [-0.3, -0.25) is 9.59 Å². The molecule has 2 aliphatic rings. The van der Waals surface area contributed by atoms with Gasteiger partial charge in [0.2, 0.25) is 5.91 Å². The minimum atomic E-state index is -4.87. The van der Waals surface area contributed by atoms with Crippen LogP contribution < -0.4 is 20.1 Å². The van der Waals surface area contributed by atoms with E-state index in [0.717, 1.165) is 18.6 Å². The molecule has 1 saturated heterocycles. The highest BCUT2D eigenvalue weighted by Gasteiger charge is 2.46. The first-order chi connectivity index (χ1) is 13.0. The molecule has 2 N–H and O–H groups in total. The van der Waals surface area contributed by atoms with Crippen LogP contribution in [0, 0.1) is 11.3 Å². The van der Waals surface area contributed by atoms with Crippen molar-refractivity contribution in [1.29, 1.82) is 0 Å². The summed E-state index contributed by atoms with van der Waals surface area (Å²) in [5.74, 6) is -0.764. The standard InChI is InChI=1S/C19H23F3N2O4/c1-18(2)9-11(18)10-27-15-4-3-13(28-19(20,21)22)8-14(15)17(26)24-12-5-6-23-16(25)7-12/h3-4,8,11-12H,5-7,9-10H2,1-2H3,(H,23,25)(H,24,26). The van der Waals surface area contributed by atoms with Crippen molar-refractivity contribution >= 4 is 11.8 Å². The molecule has 1 saturated carbocycles. The zero-order chi connectivity index (χ0) is 20.5. The number of rotatable bonds is 6. The molecule has 1 aliphatic carbocycles. The van der Waals surface area contributed by atoms with Crippen LogP contribution in [0.15, 0.2) is 18.2 Å². The second-order valence-corrected chi connectivity index (χ2v) is 7.92. The van der Waals surface area contributed by atoms with Crippen LogP contribution >= 0.6 is 0 Å². The molecule has 1 aromatic carbocycles. The fraction of sp³-hybridized carbons (Fsp3) is 0.579. The Morgan fingerprint density at radius 1 is 1.36 bits per heavy atom. The molecule has 1 aromatic rings. The van der Waals surface area contributed by atoms with Crippen molar-refractivity contribution in [1.82, 2.24) is 10.6 Å². The smallest absolute Gasteiger partial charge is 0.492 e. The number of carbonyl (C=O) groups excluding carboxylic acids is 2. The number of hydrogen-bond acceptors (Lipinski definition) is 4. The molecule has 2 fully saturated rings. The first-order valence-corrected chi connectivity index (χ1v) is 9.14. The molecule has 0 bridgehead atoms. The zero-order valence-electron chi connectivity index (χ0n) is 15.7. The Balaban J connectivity index is 1.76. The lowest BCUT2D eigenvalue weighted by Crippen LogP contribution is -2.45. The van der Waals surface area contributed by atoms with Gasteiger partial charge in [0.25, 0.3) is 5.91 Å². The molecule has 3 rings (SSSR count). The number of halogens is 3. The van der Waals surface area contributed by atoms with Gasteiger partial charge in [0.15, 0.2) is 0 Å². The van der Waals surface area contributed by atoms with E-state index < -0.39 is 18.0 Å². The van der Waals surface area contributed by atoms with Crippen LogP contribution in [0.2, 0.25) is 0 Å². The summed E-state index contributed by atoms with van der Waals surface area (Å²) in [4.78, 5) is 24.2. The maximum absolute atomic E-state index is 12.7. The van der Waals surface area contributed by atoms with Crippen LogP contribution in [0.5, 0.6) is 11.5 Å². The average molecular weight is 400 g/mol. The summed E-state index contributed by atoms with van der Waals surface area (Å²) >= 11 is 0. The molecule has 9 heteroatoms. The SMILES string of the molecule is CC1(C)CC1COc1ccc(OC(F)(F)F)cc1C(=O)NC1CCNC(=O)C1. The molecular formula is C19H23F3N2O4. The maximum atomic E-state index is 12.7. The summed E-state index contributed by atoms with van der Waals surface area (Å²) in [6, 6.07) is 3.05. The van der Waals surface area contributed by atoms with E-state index >= 15 is 0 Å². The number of ether oxygens (including phenoxy) is 2. The Kier molecular flexibility index (Phi) is 5.45. The molecule has 2 unspecified atom stereocenters. The molecule has 0 aromatic heterocycles. The molecule has 1 aliphatic heterocycles. The van der Waals surface area contributed by atoms with Gasteiger partial charge in [0.05, 0.1) is 12.2 Å². The first kappa shape index (κ1) is 20.3. The zero-order valence-corrected chi connectivity index (χ0v) is 15.7. The van der Waals surface area contributed by atoms with Crippen molar-refractivity contribution < 1.29 is 32.2 Å². The molecule has 2 amide bonds. The highest BCUT2D eigenvalue weighted by molar-refractivity contribution is 5.98. The summed E-state index contributed by atoms with van der Waals surface area (Å²) in [5, 5.41) is 5.36. The molecule has 6 nitrogen and oxygen atoms in total. The molecule has 2 atom stereocenters. The van der Waals surface area contributed by atoms with Crippen molar-refractivity contribution in [3.8, 4) is 11.5 Å². The number of alkyl halides is 3. The molecular weight excluding hydrogens is 377 g/mol. The molecule has 28 heavy (non-hydrogen) atoms. The number of benzene rings is 1. The number of nitrogens with one attached hydrogen (secondary N) is 2. The van der Waals surface area contributed by atoms with Crippen molar-refractivity contribution in [3.63, 3.8) is 0 Å². The third-order valence-corrected chi connectivity index (χ3v) is 5.17. The lowest BCUT2D eigenvalue weighted by Gasteiger charge is -2.23. The number of piperidine rings is 1. The summed E-state index contributed by atoms with van der Waals surface area (Å²) in [5.41, 5.74) is 0.114. The van der Waals surface area contributed by atoms with Crippen molar-refractivity contribution in [2.24, 2.45) is 11.3 Å². The minimum absolute atomic E-state index is 0.0498. The minimum Gasteiger partial charge on any atom is -0.492 e. The van der Waals surface area contributed by atoms with Gasteiger partial charge in [-0.2, -0.15) is 0 Å². The number of carbonyl (C=O) groups is 2. The van der Waals surface area contributed by atoms with Crippen LogP contribution in [0.1, 0.15) is 43.5 Å². The predicted octanol–water partition coefficient (Wildman–Crippen LogP) is 3.02. The van der Waals surface area contributed by atoms with Gasteiger partial charge in [-0.15, -0.1) is 13.2 Å². The lowest BCUT2D eigenvalue weighted by molar-refractivity contribution is -0.274. The van der Waals surface area contributed by atoms with Crippen LogP contribution in [0.3, 0.4) is 0 Å². The maximum Gasteiger partial charge on any atom is 0.573 e. The van der Waals surface area contributed by atoms with Crippen molar-refractivity contribution in [2.45, 2.75) is 45.5 Å². The van der Waals surface area contributed by atoms with E-state index in [4.69, 9.17) is 4.74 Å². The van der Waals surface area contributed by atoms with E-state index in [1.165, 1.54) is 6.07 Å². The van der Waals surface area contributed by atoms with E-state index in [9.17, 15) is 22.8 Å². The monoisotopic (exact) mass is 400 g/mol. The Hall–Kier alpha value is -2.45. The van der Waals surface area contributed by atoms with E-state index in [1.54, 1.807) is 0 Å². The third-order valence-electron chi connectivity index (χ3n) is 5.17. The quantitative estimate of drug-likeness (QED) is 0.770. The fourth-order valence-corrected chi connectivity index (χ4v) is 3.23. The third kappa shape index (κ3) is 5.30. The number of amides is 2. The van der Waals surface area contributed by atoms with E-state index in [1.807, 2.05) is 0 Å². The topological polar surface area (TPSA) is 76.7 Å². The first-order valence-electron chi connectivity index (χ1n) is 9.14. The predicted molar refractivity (Wildman–Crippen MR) is 94.0 cm³/mol. The molecule has 0 radical (unpaired) electrons. The Labute approximate surface area is 160 Å². The van der Waals surface area contributed by atoms with Gasteiger partial charge in [-0.25, -0.2) is 0 Å². The lowest BCUT2D eigenvalue weighted by atomic mass is 10.0. The summed E-state index contributed by atoms with van der Waals surface area (Å²) < 4.78 is 47.3. The average Bonchev–Trinajstić information content (AvgIpc) is 3.19. The van der Waals surface area contributed by atoms with Crippen LogP contribution in [0.4, 0.5) is 13.2 Å². The van der Waals surface area contributed by atoms with Gasteiger partial charge < -0.3 is 20.1 Å². The van der Waals surface area contributed by atoms with E-state index in [-0.39, 0.29) is 35.1 Å². The Morgan fingerprint density at radius 3 is 2.68 bits per heavy atom. The largest absolute Gasteiger partial charge is 0.573 e. The second kappa shape index (κ2) is 7.52. The number of hydrogen-bond donors (Lipinski definition) is 2. The Bertz CT molecular complexity index is 764. The van der Waals surface area contributed by atoms with Crippen LogP contribution in [-0.2, 0) is 4.79 Å². The highest BCUT2D eigenvalue weighted by Crippen LogP contribution is 2.51. The van der Waals surface area contributed by atoms with Gasteiger partial charge in [0.1, 0.15) is 11.5 Å². The second-order valence-electron chi connectivity index (χ2n) is 7.92. The normalized spacial score (nSPS) is 23.5. The van der Waals surface area contributed by atoms with Gasteiger partial charge >= 0.3 is 6.36 Å². The fourth-order valence-electron chi connectivity index (χ4n) is 3.23. The van der Waals surface area contributed by atoms with Gasteiger partial charge in [-0.05, 0) is 42.4 Å². The van der Waals surface area contributed by atoms with Gasteiger partial charge in [0, 0.05) is 19.0 Å². The highest BCUT2D eigenvalue weighted by atomic mass is 19.4. The summed E-state index contributed by atoms with van der Waals surface area (Å²) in [6.07, 6.45) is -3.21. The summed E-state index contributed by atoms with van der Waals surface area (Å²) in [7, 11) is 0. The van der Waals surface area contributed by atoms with E-state index in [0.29, 0.717) is 25.5 Å². The van der Waals surface area contributed by atoms with Gasteiger partial charge in [-0.1, -0.05) is 13.8 Å². The summed E-state index contributed by atoms with van der Waals surface area (Å²) in [6.45, 7) is 5.01. The van der Waals surface area contributed by atoms with Crippen molar-refractivity contribution in [2.75, 3.05) is 13.2 Å². The Morgan fingerprint density at radius 2 is 2.07 bits per heavy atom. The van der Waals surface area contributed by atoms with E-state index in [2.05, 4.69) is 29.2 Å². The molecule has 1 heterocycles. The van der Waals surface area contributed by atoms with Crippen LogP contribution in [-0.4, -0.2) is 37.4 Å². The molecule has 154 valence electrons. The van der Waals surface area contributed by atoms with Crippen molar-refractivity contribution in [3.05, 3.63) is 23.8 Å². The molecule has 0 spiro atoms. The van der Waals surface area contributed by atoms with Crippen LogP contribution in [0.25, 0.3) is 0 Å².